The number of piperazine rings is 1. The van der Waals surface area contributed by atoms with Crippen molar-refractivity contribution in [2.75, 3.05) is 13.1 Å². The van der Waals surface area contributed by atoms with Crippen LogP contribution in [0.1, 0.15) is 49.2 Å². The first-order chi connectivity index (χ1) is 8.98. The molecule has 2 atom stereocenters. The molecule has 2 rings (SSSR count). The first kappa shape index (κ1) is 14.9. The number of thiazole rings is 1. The van der Waals surface area contributed by atoms with Crippen LogP contribution in [0.15, 0.2) is 0 Å². The van der Waals surface area contributed by atoms with Crippen LogP contribution < -0.4 is 5.32 Å². The molecule has 1 aliphatic rings. The third kappa shape index (κ3) is 3.18. The summed E-state index contributed by atoms with van der Waals surface area (Å²) in [6.07, 6.45) is 2.38. The lowest BCUT2D eigenvalue weighted by Gasteiger charge is -2.47. The second-order valence-electron chi connectivity index (χ2n) is 5.97. The largest absolute Gasteiger partial charge is 0.311 e. The topological polar surface area (TPSA) is 28.2 Å². The Hall–Kier alpha value is -0.450. The number of hydrogen-bond donors (Lipinski definition) is 1. The lowest BCUT2D eigenvalue weighted by Crippen LogP contribution is -2.62. The summed E-state index contributed by atoms with van der Waals surface area (Å²) >= 11 is 1.85. The Balaban J connectivity index is 2.13. The number of rotatable bonds is 4. The van der Waals surface area contributed by atoms with Gasteiger partial charge in [0, 0.05) is 29.5 Å². The van der Waals surface area contributed by atoms with Crippen molar-refractivity contribution < 1.29 is 0 Å². The van der Waals surface area contributed by atoms with E-state index in [4.69, 9.17) is 4.98 Å². The maximum Gasteiger partial charge on any atom is 0.107 e. The van der Waals surface area contributed by atoms with Crippen LogP contribution in [0.5, 0.6) is 0 Å². The summed E-state index contributed by atoms with van der Waals surface area (Å²) in [6.45, 7) is 14.4. The smallest absolute Gasteiger partial charge is 0.107 e. The Labute approximate surface area is 121 Å². The van der Waals surface area contributed by atoms with E-state index < -0.39 is 0 Å². The van der Waals surface area contributed by atoms with E-state index in [1.807, 2.05) is 11.3 Å². The van der Waals surface area contributed by atoms with Crippen LogP contribution in [0.3, 0.4) is 0 Å². The monoisotopic (exact) mass is 281 g/mol. The summed E-state index contributed by atoms with van der Waals surface area (Å²) in [6, 6.07) is 0.627. The number of aromatic nitrogens is 1. The molecule has 3 nitrogen and oxygen atoms in total. The zero-order valence-electron chi connectivity index (χ0n) is 12.9. The molecule has 0 aromatic carbocycles. The van der Waals surface area contributed by atoms with Gasteiger partial charge in [0.15, 0.2) is 0 Å². The second kappa shape index (κ2) is 5.90. The molecule has 1 N–H and O–H groups in total. The molecule has 1 fully saturated rings. The first-order valence-electron chi connectivity index (χ1n) is 7.40. The molecule has 108 valence electrons. The molecule has 1 saturated heterocycles. The van der Waals surface area contributed by atoms with Crippen molar-refractivity contribution >= 4 is 11.3 Å². The van der Waals surface area contributed by atoms with E-state index in [0.29, 0.717) is 6.04 Å². The van der Waals surface area contributed by atoms with E-state index in [1.165, 1.54) is 28.4 Å². The standard InChI is InChI=1S/C15H27N3S/c1-6-13-8-18(15(5,7-2)10-16-13)9-14-17-11(3)12(4)19-14/h13,16H,6-10H2,1-5H3. The van der Waals surface area contributed by atoms with Gasteiger partial charge in [-0.25, -0.2) is 4.98 Å². The minimum atomic E-state index is 0.263. The molecule has 4 heteroatoms. The van der Waals surface area contributed by atoms with Gasteiger partial charge >= 0.3 is 0 Å². The van der Waals surface area contributed by atoms with E-state index in [0.717, 1.165) is 19.6 Å². The van der Waals surface area contributed by atoms with E-state index in [-0.39, 0.29) is 5.54 Å². The Kier molecular flexibility index (Phi) is 4.64. The summed E-state index contributed by atoms with van der Waals surface area (Å²) in [5.41, 5.74) is 1.46. The number of nitrogens with one attached hydrogen (secondary N) is 1. The van der Waals surface area contributed by atoms with E-state index in [2.05, 4.69) is 44.8 Å². The average molecular weight is 281 g/mol. The minimum absolute atomic E-state index is 0.263. The van der Waals surface area contributed by atoms with Crippen molar-refractivity contribution in [2.45, 2.75) is 65.6 Å². The third-order valence-electron chi connectivity index (χ3n) is 4.63. The van der Waals surface area contributed by atoms with Crippen molar-refractivity contribution in [3.05, 3.63) is 15.6 Å². The highest BCUT2D eigenvalue weighted by molar-refractivity contribution is 7.11. The molecular formula is C15H27N3S. The van der Waals surface area contributed by atoms with Gasteiger partial charge in [-0.2, -0.15) is 0 Å². The van der Waals surface area contributed by atoms with E-state index >= 15 is 0 Å². The zero-order chi connectivity index (χ0) is 14.0. The quantitative estimate of drug-likeness (QED) is 0.919. The van der Waals surface area contributed by atoms with Gasteiger partial charge in [0.2, 0.25) is 0 Å². The zero-order valence-corrected chi connectivity index (χ0v) is 13.7. The maximum absolute atomic E-state index is 4.71. The Bertz CT molecular complexity index is 410. The van der Waals surface area contributed by atoms with Crippen molar-refractivity contribution in [1.82, 2.24) is 15.2 Å². The summed E-state index contributed by atoms with van der Waals surface area (Å²) < 4.78 is 0. The van der Waals surface area contributed by atoms with Crippen LogP contribution in [-0.2, 0) is 6.54 Å². The molecule has 2 heterocycles. The number of nitrogens with zero attached hydrogens (tertiary/aromatic N) is 2. The molecule has 0 spiro atoms. The van der Waals surface area contributed by atoms with Crippen LogP contribution in [0.25, 0.3) is 0 Å². The van der Waals surface area contributed by atoms with Crippen LogP contribution >= 0.6 is 11.3 Å². The average Bonchev–Trinajstić information content (AvgIpc) is 2.71. The predicted molar refractivity (Wildman–Crippen MR) is 82.8 cm³/mol. The first-order valence-corrected chi connectivity index (χ1v) is 8.21. The molecular weight excluding hydrogens is 254 g/mol. The lowest BCUT2D eigenvalue weighted by atomic mass is 9.91. The highest BCUT2D eigenvalue weighted by atomic mass is 32.1. The Morgan fingerprint density at radius 3 is 2.68 bits per heavy atom. The third-order valence-corrected chi connectivity index (χ3v) is 5.69. The number of aryl methyl sites for hydroxylation is 2. The molecule has 2 unspecified atom stereocenters. The van der Waals surface area contributed by atoms with Gasteiger partial charge < -0.3 is 5.32 Å². The Morgan fingerprint density at radius 2 is 2.16 bits per heavy atom. The minimum Gasteiger partial charge on any atom is -0.311 e. The highest BCUT2D eigenvalue weighted by Crippen LogP contribution is 2.27. The fraction of sp³-hybridized carbons (Fsp3) is 0.800. The van der Waals surface area contributed by atoms with Gasteiger partial charge in [-0.05, 0) is 33.6 Å². The van der Waals surface area contributed by atoms with Crippen molar-refractivity contribution in [1.29, 1.82) is 0 Å². The summed E-state index contributed by atoms with van der Waals surface area (Å²) in [7, 11) is 0. The normalized spacial score (nSPS) is 28.8. The van der Waals surface area contributed by atoms with Crippen LogP contribution in [-0.4, -0.2) is 34.6 Å². The van der Waals surface area contributed by atoms with Gasteiger partial charge in [0.1, 0.15) is 5.01 Å². The van der Waals surface area contributed by atoms with Gasteiger partial charge in [-0.3, -0.25) is 4.90 Å². The maximum atomic E-state index is 4.71. The molecule has 0 aliphatic carbocycles. The summed E-state index contributed by atoms with van der Waals surface area (Å²) in [5.74, 6) is 0. The molecule has 1 aromatic heterocycles. The summed E-state index contributed by atoms with van der Waals surface area (Å²) in [4.78, 5) is 8.70. The fourth-order valence-electron chi connectivity index (χ4n) is 2.67. The van der Waals surface area contributed by atoms with Crippen molar-refractivity contribution in [3.63, 3.8) is 0 Å². The molecule has 0 bridgehead atoms. The molecule has 1 aromatic rings. The summed E-state index contributed by atoms with van der Waals surface area (Å²) in [5, 5.41) is 4.95. The van der Waals surface area contributed by atoms with Gasteiger partial charge in [-0.1, -0.05) is 13.8 Å². The lowest BCUT2D eigenvalue weighted by molar-refractivity contribution is 0.0407. The molecule has 19 heavy (non-hydrogen) atoms. The van der Waals surface area contributed by atoms with Crippen LogP contribution in [0.2, 0.25) is 0 Å². The molecule has 1 aliphatic heterocycles. The molecule has 0 radical (unpaired) electrons. The van der Waals surface area contributed by atoms with Crippen LogP contribution in [0, 0.1) is 13.8 Å². The predicted octanol–water partition coefficient (Wildman–Crippen LogP) is 3.11. The molecule has 0 amide bonds. The fourth-order valence-corrected chi connectivity index (χ4v) is 3.62. The van der Waals surface area contributed by atoms with Crippen molar-refractivity contribution in [2.24, 2.45) is 0 Å². The highest BCUT2D eigenvalue weighted by Gasteiger charge is 2.36. The van der Waals surface area contributed by atoms with E-state index in [1.54, 1.807) is 0 Å². The Morgan fingerprint density at radius 1 is 1.42 bits per heavy atom. The van der Waals surface area contributed by atoms with Gasteiger partial charge in [0.25, 0.3) is 0 Å². The SMILES string of the molecule is CCC1CN(Cc2nc(C)c(C)s2)C(C)(CC)CN1. The van der Waals surface area contributed by atoms with E-state index in [9.17, 15) is 0 Å². The van der Waals surface area contributed by atoms with Gasteiger partial charge in [-0.15, -0.1) is 11.3 Å². The second-order valence-corrected chi connectivity index (χ2v) is 7.25. The van der Waals surface area contributed by atoms with Crippen LogP contribution in [0.4, 0.5) is 0 Å². The molecule has 0 saturated carbocycles. The number of hydrogen-bond acceptors (Lipinski definition) is 4. The van der Waals surface area contributed by atoms with Gasteiger partial charge in [0.05, 0.1) is 12.2 Å². The van der Waals surface area contributed by atoms with Crippen molar-refractivity contribution in [3.8, 4) is 0 Å².